The van der Waals surface area contributed by atoms with E-state index < -0.39 is 8.32 Å². The molecule has 0 spiro atoms. The minimum atomic E-state index is -2.01. The molecular formula is C21H30N4O3Si. The van der Waals surface area contributed by atoms with Crippen LogP contribution in [0.5, 0.6) is 0 Å². The topological polar surface area (TPSA) is 86.1 Å². The predicted molar refractivity (Wildman–Crippen MR) is 113 cm³/mol. The third kappa shape index (κ3) is 4.18. The van der Waals surface area contributed by atoms with Crippen LogP contribution in [0.2, 0.25) is 18.1 Å². The second kappa shape index (κ2) is 7.49. The summed E-state index contributed by atoms with van der Waals surface area (Å²) >= 11 is 0. The highest BCUT2D eigenvalue weighted by Gasteiger charge is 2.48. The highest BCUT2D eigenvalue weighted by atomic mass is 28.4. The molecule has 1 fully saturated rings. The number of nitrogens with one attached hydrogen (secondary N) is 1. The number of β-lactam (4-membered cyclic amide) rings is 1. The summed E-state index contributed by atoms with van der Waals surface area (Å²) in [4.78, 5) is 24.9. The third-order valence-corrected chi connectivity index (χ3v) is 10.6. The Morgan fingerprint density at radius 1 is 1.24 bits per heavy atom. The van der Waals surface area contributed by atoms with Gasteiger partial charge in [0.15, 0.2) is 14.0 Å². The summed E-state index contributed by atoms with van der Waals surface area (Å²) in [7, 11) is -2.01. The molecule has 156 valence electrons. The summed E-state index contributed by atoms with van der Waals surface area (Å²) in [6, 6.07) is 7.33. The van der Waals surface area contributed by atoms with Crippen LogP contribution >= 0.6 is 0 Å². The van der Waals surface area contributed by atoms with Gasteiger partial charge < -0.3 is 9.74 Å². The molecular weight excluding hydrogens is 384 g/mol. The number of benzene rings is 1. The first-order valence-electron chi connectivity index (χ1n) is 9.92. The number of carbonyl (C=O) groups is 2. The monoisotopic (exact) mass is 414 g/mol. The molecule has 2 aromatic rings. The summed E-state index contributed by atoms with van der Waals surface area (Å²) in [6.45, 7) is 14.8. The number of amides is 1. The molecule has 1 aliphatic rings. The molecule has 2 heterocycles. The van der Waals surface area contributed by atoms with E-state index >= 15 is 0 Å². The zero-order chi connectivity index (χ0) is 21.6. The molecule has 0 unspecified atom stereocenters. The van der Waals surface area contributed by atoms with Crippen LogP contribution in [0.4, 0.5) is 0 Å². The maximum Gasteiger partial charge on any atom is 0.231 e. The molecule has 7 nitrogen and oxygen atoms in total. The lowest BCUT2D eigenvalue weighted by atomic mass is 9.92. The van der Waals surface area contributed by atoms with E-state index in [0.717, 1.165) is 5.56 Å². The van der Waals surface area contributed by atoms with Crippen molar-refractivity contribution < 1.29 is 14.0 Å². The Morgan fingerprint density at radius 3 is 2.41 bits per heavy atom. The zero-order valence-electron chi connectivity index (χ0n) is 18.2. The Hall–Kier alpha value is -2.32. The van der Waals surface area contributed by atoms with E-state index in [9.17, 15) is 9.59 Å². The second-order valence-electron chi connectivity index (χ2n) is 9.34. The van der Waals surface area contributed by atoms with Crippen molar-refractivity contribution in [2.24, 2.45) is 5.92 Å². The van der Waals surface area contributed by atoms with Gasteiger partial charge in [-0.3, -0.25) is 9.59 Å². The van der Waals surface area contributed by atoms with Gasteiger partial charge in [0, 0.05) is 5.56 Å². The molecule has 8 heteroatoms. The van der Waals surface area contributed by atoms with Gasteiger partial charge in [-0.1, -0.05) is 55.8 Å². The summed E-state index contributed by atoms with van der Waals surface area (Å²) in [5, 5.41) is 11.0. The van der Waals surface area contributed by atoms with Crippen molar-refractivity contribution in [3.63, 3.8) is 0 Å². The van der Waals surface area contributed by atoms with Crippen LogP contribution in [0.15, 0.2) is 30.5 Å². The minimum Gasteiger partial charge on any atom is -0.413 e. The van der Waals surface area contributed by atoms with Crippen molar-refractivity contribution >= 4 is 20.0 Å². The molecule has 1 N–H and O–H groups in total. The van der Waals surface area contributed by atoms with Gasteiger partial charge in [0.05, 0.1) is 12.3 Å². The van der Waals surface area contributed by atoms with Crippen molar-refractivity contribution in [2.45, 2.75) is 65.0 Å². The van der Waals surface area contributed by atoms with Crippen LogP contribution in [0.25, 0.3) is 0 Å². The fourth-order valence-electron chi connectivity index (χ4n) is 3.16. The summed E-state index contributed by atoms with van der Waals surface area (Å²) in [5.41, 5.74) is 1.90. The molecule has 1 aliphatic heterocycles. The van der Waals surface area contributed by atoms with Gasteiger partial charge in [0.1, 0.15) is 12.1 Å². The largest absolute Gasteiger partial charge is 0.413 e. The van der Waals surface area contributed by atoms with Gasteiger partial charge in [-0.2, -0.15) is 0 Å². The molecule has 1 aromatic heterocycles. The average Bonchev–Trinajstić information content (AvgIpc) is 3.07. The van der Waals surface area contributed by atoms with E-state index in [0.29, 0.717) is 5.56 Å². The fraction of sp³-hybridized carbons (Fsp3) is 0.524. The number of carbonyl (C=O) groups excluding carboxylic acids is 2. The van der Waals surface area contributed by atoms with E-state index in [-0.39, 0.29) is 40.6 Å². The number of hydrogen-bond acceptors (Lipinski definition) is 5. The van der Waals surface area contributed by atoms with Crippen molar-refractivity contribution in [2.75, 3.05) is 0 Å². The first kappa shape index (κ1) is 21.4. The highest BCUT2D eigenvalue weighted by molar-refractivity contribution is 6.74. The number of rotatable bonds is 6. The van der Waals surface area contributed by atoms with E-state index in [1.807, 2.05) is 26.0 Å². The third-order valence-electron chi connectivity index (χ3n) is 6.07. The Kier molecular flexibility index (Phi) is 5.53. The van der Waals surface area contributed by atoms with Crippen molar-refractivity contribution in [1.29, 1.82) is 0 Å². The number of hydrogen-bond donors (Lipinski definition) is 1. The van der Waals surface area contributed by atoms with Gasteiger partial charge in [0.2, 0.25) is 11.7 Å². The van der Waals surface area contributed by atoms with Crippen molar-refractivity contribution in [1.82, 2.24) is 20.3 Å². The molecule has 0 radical (unpaired) electrons. The predicted octanol–water partition coefficient (Wildman–Crippen LogP) is 3.47. The normalized spacial score (nSPS) is 20.7. The first-order valence-corrected chi connectivity index (χ1v) is 12.8. The smallest absolute Gasteiger partial charge is 0.231 e. The lowest BCUT2D eigenvalue weighted by Gasteiger charge is -2.45. The molecule has 29 heavy (non-hydrogen) atoms. The number of ketones is 1. The van der Waals surface area contributed by atoms with E-state index in [1.54, 1.807) is 23.0 Å². The van der Waals surface area contributed by atoms with Crippen molar-refractivity contribution in [3.8, 4) is 0 Å². The molecule has 1 amide bonds. The number of aryl methyl sites for hydroxylation is 1. The van der Waals surface area contributed by atoms with Crippen molar-refractivity contribution in [3.05, 3.63) is 47.3 Å². The summed E-state index contributed by atoms with van der Waals surface area (Å²) < 4.78 is 7.97. The Labute approximate surface area is 173 Å². The van der Waals surface area contributed by atoms with Crippen LogP contribution in [-0.2, 0) is 9.22 Å². The molecule has 3 atom stereocenters. The minimum absolute atomic E-state index is 0.0534. The van der Waals surface area contributed by atoms with Gasteiger partial charge >= 0.3 is 0 Å². The Bertz CT molecular complexity index is 915. The maximum absolute atomic E-state index is 12.7. The maximum atomic E-state index is 12.7. The lowest BCUT2D eigenvalue weighted by Crippen LogP contribution is -2.60. The van der Waals surface area contributed by atoms with E-state index in [4.69, 9.17) is 4.43 Å². The van der Waals surface area contributed by atoms with Gasteiger partial charge in [-0.25, -0.2) is 4.68 Å². The molecule has 0 bridgehead atoms. The molecule has 0 aliphatic carbocycles. The van der Waals surface area contributed by atoms with E-state index in [2.05, 4.69) is 49.5 Å². The van der Waals surface area contributed by atoms with Crippen LogP contribution < -0.4 is 5.32 Å². The van der Waals surface area contributed by atoms with Crippen LogP contribution in [0.3, 0.4) is 0 Å². The Morgan fingerprint density at radius 2 is 1.86 bits per heavy atom. The highest BCUT2D eigenvalue weighted by Crippen LogP contribution is 2.40. The SMILES string of the molecule is Cc1ccc(C(=O)c2cn([C@H]3NC(=O)[C@@H]3[C@@H](C)O[Si](C)(C)C(C)(C)C)nn2)cc1. The van der Waals surface area contributed by atoms with E-state index in [1.165, 1.54) is 0 Å². The summed E-state index contributed by atoms with van der Waals surface area (Å²) in [6.07, 6.45) is 0.975. The quantitative estimate of drug-likeness (QED) is 0.444. The molecule has 3 rings (SSSR count). The first-order chi connectivity index (χ1) is 13.4. The molecule has 1 aromatic carbocycles. The van der Waals surface area contributed by atoms with Gasteiger partial charge in [-0.15, -0.1) is 5.10 Å². The molecule has 1 saturated heterocycles. The summed E-state index contributed by atoms with van der Waals surface area (Å²) in [5.74, 6) is -0.625. The van der Waals surface area contributed by atoms with Crippen LogP contribution in [0.1, 0.15) is 55.5 Å². The number of aromatic nitrogens is 3. The molecule has 0 saturated carbocycles. The number of nitrogens with zero attached hydrogens (tertiary/aromatic N) is 3. The standard InChI is InChI=1S/C21H30N4O3Si/c1-13-8-10-15(11-9-13)18(26)16-12-25(24-23-16)19-17(20(27)22-19)14(2)28-29(6,7)21(3,4)5/h8-12,14,17,19H,1-7H3,(H,22,27)/t14-,17-,19-/m1/s1. The second-order valence-corrected chi connectivity index (χ2v) is 14.1. The van der Waals surface area contributed by atoms with Crippen LogP contribution in [-0.4, -0.2) is 41.1 Å². The average molecular weight is 415 g/mol. The Balaban J connectivity index is 1.75. The zero-order valence-corrected chi connectivity index (χ0v) is 19.2. The van der Waals surface area contributed by atoms with Crippen LogP contribution in [0, 0.1) is 12.8 Å². The van der Waals surface area contributed by atoms with Gasteiger partial charge in [0.25, 0.3) is 0 Å². The fourth-order valence-corrected chi connectivity index (χ4v) is 4.59. The van der Waals surface area contributed by atoms with Gasteiger partial charge in [-0.05, 0) is 32.0 Å². The lowest BCUT2D eigenvalue weighted by molar-refractivity contribution is -0.144.